The van der Waals surface area contributed by atoms with Crippen molar-refractivity contribution in [1.29, 1.82) is 0 Å². The number of hydroxylamine groups is 2. The van der Waals surface area contributed by atoms with Crippen LogP contribution in [-0.4, -0.2) is 30.1 Å². The largest absolute Gasteiger partial charge is 0.297 e. The molecule has 4 nitrogen and oxygen atoms in total. The molecule has 1 aromatic rings. The molecule has 0 radical (unpaired) electrons. The fourth-order valence-corrected chi connectivity index (χ4v) is 1.42. The summed E-state index contributed by atoms with van der Waals surface area (Å²) in [6.45, 7) is 1.75. The van der Waals surface area contributed by atoms with E-state index in [9.17, 15) is 4.79 Å². The van der Waals surface area contributed by atoms with Crippen LogP contribution in [0.25, 0.3) is 0 Å². The summed E-state index contributed by atoms with van der Waals surface area (Å²) in [5.41, 5.74) is 0.788. The van der Waals surface area contributed by atoms with Gasteiger partial charge in [-0.25, -0.2) is 10.0 Å². The number of nitrogens with zero attached hydrogens (tertiary/aromatic N) is 2. The lowest BCUT2D eigenvalue weighted by Crippen LogP contribution is -2.26. The molecule has 0 N–H and O–H groups in total. The van der Waals surface area contributed by atoms with E-state index in [1.54, 1.807) is 13.0 Å². The van der Waals surface area contributed by atoms with Gasteiger partial charge in [0.25, 0.3) is 5.91 Å². The minimum absolute atomic E-state index is 0.0889. The van der Waals surface area contributed by atoms with Gasteiger partial charge in [0.15, 0.2) is 5.69 Å². The van der Waals surface area contributed by atoms with Crippen molar-refractivity contribution in [1.82, 2.24) is 10.0 Å². The molecule has 0 saturated heterocycles. The Morgan fingerprint density at radius 1 is 1.53 bits per heavy atom. The molecule has 0 aliphatic carbocycles. The standard InChI is InChI=1S/C9H10Cl2N2O2/c1-5-4-6(10)12-8(7(5)11)9(14)13(2)15-3/h4H,1-3H3. The van der Waals surface area contributed by atoms with Crippen LogP contribution in [0, 0.1) is 6.92 Å². The lowest BCUT2D eigenvalue weighted by Gasteiger charge is -2.14. The van der Waals surface area contributed by atoms with E-state index in [1.165, 1.54) is 14.2 Å². The lowest BCUT2D eigenvalue weighted by molar-refractivity contribution is -0.0760. The summed E-state index contributed by atoms with van der Waals surface area (Å²) in [7, 11) is 2.85. The minimum Gasteiger partial charge on any atom is -0.274 e. The summed E-state index contributed by atoms with van der Waals surface area (Å²) in [5, 5.41) is 1.54. The molecule has 0 unspecified atom stereocenters. The molecule has 0 aromatic carbocycles. The molecule has 0 spiro atoms. The molecule has 1 rings (SSSR count). The van der Waals surface area contributed by atoms with Crippen LogP contribution in [-0.2, 0) is 4.84 Å². The van der Waals surface area contributed by atoms with Crippen LogP contribution >= 0.6 is 23.2 Å². The van der Waals surface area contributed by atoms with Crippen molar-refractivity contribution in [2.45, 2.75) is 6.92 Å². The number of halogens is 2. The van der Waals surface area contributed by atoms with Crippen LogP contribution in [0.4, 0.5) is 0 Å². The van der Waals surface area contributed by atoms with Gasteiger partial charge in [0.05, 0.1) is 12.1 Å². The highest BCUT2D eigenvalue weighted by atomic mass is 35.5. The van der Waals surface area contributed by atoms with Crippen LogP contribution < -0.4 is 0 Å². The molecule has 0 aliphatic rings. The molecule has 0 saturated carbocycles. The van der Waals surface area contributed by atoms with E-state index in [0.717, 1.165) is 5.06 Å². The smallest absolute Gasteiger partial charge is 0.274 e. The Labute approximate surface area is 97.7 Å². The second kappa shape index (κ2) is 4.79. The van der Waals surface area contributed by atoms with Gasteiger partial charge in [0.2, 0.25) is 0 Å². The summed E-state index contributed by atoms with van der Waals surface area (Å²) in [6.07, 6.45) is 0. The van der Waals surface area contributed by atoms with E-state index in [2.05, 4.69) is 4.98 Å². The molecule has 0 fully saturated rings. The molecule has 0 bridgehead atoms. The highest BCUT2D eigenvalue weighted by Crippen LogP contribution is 2.23. The molecule has 0 aliphatic heterocycles. The Bertz CT molecular complexity index is 396. The monoisotopic (exact) mass is 248 g/mol. The van der Waals surface area contributed by atoms with E-state index in [4.69, 9.17) is 28.0 Å². The summed E-state index contributed by atoms with van der Waals surface area (Å²) in [4.78, 5) is 20.3. The van der Waals surface area contributed by atoms with Gasteiger partial charge in [-0.05, 0) is 18.6 Å². The van der Waals surface area contributed by atoms with Crippen LogP contribution in [0.1, 0.15) is 16.1 Å². The fourth-order valence-electron chi connectivity index (χ4n) is 0.991. The van der Waals surface area contributed by atoms with Gasteiger partial charge in [0.1, 0.15) is 5.15 Å². The van der Waals surface area contributed by atoms with Crippen molar-refractivity contribution >= 4 is 29.1 Å². The van der Waals surface area contributed by atoms with E-state index < -0.39 is 5.91 Å². The summed E-state index contributed by atoms with van der Waals surface area (Å²) in [6, 6.07) is 1.59. The summed E-state index contributed by atoms with van der Waals surface area (Å²) in [5.74, 6) is -0.437. The third-order valence-electron chi connectivity index (χ3n) is 1.87. The highest BCUT2D eigenvalue weighted by Gasteiger charge is 2.19. The highest BCUT2D eigenvalue weighted by molar-refractivity contribution is 6.35. The quantitative estimate of drug-likeness (QED) is 0.596. The summed E-state index contributed by atoms with van der Waals surface area (Å²) >= 11 is 11.7. The van der Waals surface area contributed by atoms with Gasteiger partial charge >= 0.3 is 0 Å². The number of aromatic nitrogens is 1. The topological polar surface area (TPSA) is 42.4 Å². The normalized spacial score (nSPS) is 10.2. The predicted molar refractivity (Wildman–Crippen MR) is 58.1 cm³/mol. The van der Waals surface area contributed by atoms with Crippen molar-refractivity contribution in [3.63, 3.8) is 0 Å². The Morgan fingerprint density at radius 2 is 2.13 bits per heavy atom. The van der Waals surface area contributed by atoms with Crippen molar-refractivity contribution in [3.8, 4) is 0 Å². The zero-order valence-corrected chi connectivity index (χ0v) is 10.1. The first-order valence-electron chi connectivity index (χ1n) is 4.12. The molecule has 15 heavy (non-hydrogen) atoms. The van der Waals surface area contributed by atoms with E-state index in [0.29, 0.717) is 5.56 Å². The Morgan fingerprint density at radius 3 is 2.67 bits per heavy atom. The first-order chi connectivity index (χ1) is 6.97. The molecular weight excluding hydrogens is 239 g/mol. The number of carbonyl (C=O) groups is 1. The average Bonchev–Trinajstić information content (AvgIpc) is 2.21. The molecular formula is C9H10Cl2N2O2. The maximum atomic E-state index is 11.7. The van der Waals surface area contributed by atoms with Gasteiger partial charge in [-0.15, -0.1) is 0 Å². The SMILES string of the molecule is CON(C)C(=O)c1nc(Cl)cc(C)c1Cl. The van der Waals surface area contributed by atoms with E-state index in [-0.39, 0.29) is 15.9 Å². The first kappa shape index (κ1) is 12.2. The van der Waals surface area contributed by atoms with Crippen molar-refractivity contribution < 1.29 is 9.63 Å². The number of hydrogen-bond donors (Lipinski definition) is 0. The second-order valence-corrected chi connectivity index (χ2v) is 3.67. The fraction of sp³-hybridized carbons (Fsp3) is 0.333. The van der Waals surface area contributed by atoms with Crippen LogP contribution in [0.15, 0.2) is 6.07 Å². The molecule has 82 valence electrons. The molecule has 6 heteroatoms. The molecule has 1 heterocycles. The van der Waals surface area contributed by atoms with E-state index >= 15 is 0 Å². The number of pyridine rings is 1. The minimum atomic E-state index is -0.437. The van der Waals surface area contributed by atoms with Crippen LogP contribution in [0.2, 0.25) is 10.2 Å². The zero-order valence-electron chi connectivity index (χ0n) is 8.54. The molecule has 1 amide bonds. The van der Waals surface area contributed by atoms with Crippen molar-refractivity contribution in [2.75, 3.05) is 14.2 Å². The van der Waals surface area contributed by atoms with E-state index in [1.807, 2.05) is 0 Å². The van der Waals surface area contributed by atoms with Gasteiger partial charge in [-0.1, -0.05) is 23.2 Å². The number of carbonyl (C=O) groups excluding carboxylic acids is 1. The Balaban J connectivity index is 3.19. The summed E-state index contributed by atoms with van der Waals surface area (Å²) < 4.78 is 0. The van der Waals surface area contributed by atoms with Gasteiger partial charge < -0.3 is 0 Å². The Hall–Kier alpha value is -0.840. The first-order valence-corrected chi connectivity index (χ1v) is 4.87. The van der Waals surface area contributed by atoms with Gasteiger partial charge in [-0.2, -0.15) is 0 Å². The molecule has 0 atom stereocenters. The maximum absolute atomic E-state index is 11.7. The van der Waals surface area contributed by atoms with Crippen molar-refractivity contribution in [3.05, 3.63) is 27.5 Å². The zero-order chi connectivity index (χ0) is 11.6. The predicted octanol–water partition coefficient (Wildman–Crippen LogP) is 2.33. The maximum Gasteiger partial charge on any atom is 0.297 e. The Kier molecular flexibility index (Phi) is 3.90. The number of amides is 1. The average molecular weight is 249 g/mol. The van der Waals surface area contributed by atoms with Crippen molar-refractivity contribution in [2.24, 2.45) is 0 Å². The molecule has 1 aromatic heterocycles. The number of rotatable bonds is 2. The van der Waals surface area contributed by atoms with Crippen LogP contribution in [0.3, 0.4) is 0 Å². The third kappa shape index (κ3) is 2.59. The number of hydrogen-bond acceptors (Lipinski definition) is 3. The van der Waals surface area contributed by atoms with Gasteiger partial charge in [0, 0.05) is 7.05 Å². The number of aryl methyl sites for hydroxylation is 1. The van der Waals surface area contributed by atoms with Gasteiger partial charge in [-0.3, -0.25) is 9.63 Å². The second-order valence-electron chi connectivity index (χ2n) is 2.91. The third-order valence-corrected chi connectivity index (χ3v) is 2.54. The lowest BCUT2D eigenvalue weighted by atomic mass is 10.2. The van der Waals surface area contributed by atoms with Crippen LogP contribution in [0.5, 0.6) is 0 Å².